The molecule has 0 saturated carbocycles. The molecule has 25 heavy (non-hydrogen) atoms. The van der Waals surface area contributed by atoms with Crippen molar-refractivity contribution in [2.75, 3.05) is 6.54 Å². The summed E-state index contributed by atoms with van der Waals surface area (Å²) >= 11 is 0. The third kappa shape index (κ3) is 4.43. The molecular formula is C18H20FN3O3. The van der Waals surface area contributed by atoms with Gasteiger partial charge in [-0.05, 0) is 31.4 Å². The first kappa shape index (κ1) is 17.1. The average Bonchev–Trinajstić information content (AvgIpc) is 2.98. The Labute approximate surface area is 144 Å². The molecule has 1 aliphatic rings. The van der Waals surface area contributed by atoms with E-state index in [1.54, 1.807) is 18.2 Å². The fourth-order valence-corrected chi connectivity index (χ4v) is 2.78. The highest BCUT2D eigenvalue weighted by molar-refractivity contribution is 5.87. The predicted molar refractivity (Wildman–Crippen MR) is 89.0 cm³/mol. The van der Waals surface area contributed by atoms with Gasteiger partial charge in [-0.3, -0.25) is 9.59 Å². The number of carbonyl (C=O) groups excluding carboxylic acids is 2. The van der Waals surface area contributed by atoms with Crippen LogP contribution in [0.15, 0.2) is 34.9 Å². The van der Waals surface area contributed by atoms with Crippen molar-refractivity contribution in [1.82, 2.24) is 15.6 Å². The first-order chi connectivity index (χ1) is 12.1. The first-order valence-electron chi connectivity index (χ1n) is 8.40. The molecule has 1 aromatic heterocycles. The number of aromatic nitrogens is 1. The molecular weight excluding hydrogens is 325 g/mol. The molecule has 6 nitrogen and oxygen atoms in total. The van der Waals surface area contributed by atoms with E-state index in [0.29, 0.717) is 30.2 Å². The van der Waals surface area contributed by atoms with Crippen LogP contribution in [0.4, 0.5) is 4.39 Å². The lowest BCUT2D eigenvalue weighted by atomic mass is 10.1. The Morgan fingerprint density at radius 1 is 1.36 bits per heavy atom. The van der Waals surface area contributed by atoms with E-state index >= 15 is 0 Å². The van der Waals surface area contributed by atoms with Crippen molar-refractivity contribution in [1.29, 1.82) is 0 Å². The van der Waals surface area contributed by atoms with Gasteiger partial charge in [0.2, 0.25) is 11.8 Å². The van der Waals surface area contributed by atoms with Crippen LogP contribution < -0.4 is 10.6 Å². The smallest absolute Gasteiger partial charge is 0.242 e. The quantitative estimate of drug-likeness (QED) is 0.870. The number of amides is 2. The largest absolute Gasteiger partial charge is 0.441 e. The Morgan fingerprint density at radius 2 is 2.20 bits per heavy atom. The maximum Gasteiger partial charge on any atom is 0.242 e. The summed E-state index contributed by atoms with van der Waals surface area (Å²) in [5.41, 5.74) is 0.334. The van der Waals surface area contributed by atoms with Gasteiger partial charge in [0.15, 0.2) is 11.7 Å². The van der Waals surface area contributed by atoms with Crippen LogP contribution >= 0.6 is 0 Å². The van der Waals surface area contributed by atoms with E-state index < -0.39 is 6.04 Å². The highest BCUT2D eigenvalue weighted by Gasteiger charge is 2.22. The molecule has 132 valence electrons. The first-order valence-corrected chi connectivity index (χ1v) is 8.40. The van der Waals surface area contributed by atoms with Crippen LogP contribution in [0.3, 0.4) is 0 Å². The summed E-state index contributed by atoms with van der Waals surface area (Å²) in [6.07, 6.45) is 4.36. The molecule has 1 fully saturated rings. The minimum absolute atomic E-state index is 0.135. The van der Waals surface area contributed by atoms with Crippen molar-refractivity contribution in [3.63, 3.8) is 0 Å². The van der Waals surface area contributed by atoms with Gasteiger partial charge in [0.25, 0.3) is 0 Å². The molecule has 1 atom stereocenters. The second-order valence-electron chi connectivity index (χ2n) is 6.01. The van der Waals surface area contributed by atoms with Crippen LogP contribution in [0.2, 0.25) is 0 Å². The van der Waals surface area contributed by atoms with Crippen LogP contribution in [-0.4, -0.2) is 29.4 Å². The van der Waals surface area contributed by atoms with Crippen LogP contribution in [0.1, 0.15) is 31.6 Å². The summed E-state index contributed by atoms with van der Waals surface area (Å²) in [5.74, 6) is -0.0609. The monoisotopic (exact) mass is 345 g/mol. The number of halogens is 1. The average molecular weight is 345 g/mol. The summed E-state index contributed by atoms with van der Waals surface area (Å²) in [5, 5.41) is 5.53. The van der Waals surface area contributed by atoms with E-state index in [0.717, 1.165) is 12.8 Å². The SMILES string of the molecule is O=C(CCc1ncc(-c2ccccc2F)o1)NC1CCCCNC1=O. The number of nitrogens with zero attached hydrogens (tertiary/aromatic N) is 1. The molecule has 1 saturated heterocycles. The number of oxazole rings is 1. The van der Waals surface area contributed by atoms with E-state index in [1.807, 2.05) is 0 Å². The van der Waals surface area contributed by atoms with Crippen LogP contribution in [0.5, 0.6) is 0 Å². The van der Waals surface area contributed by atoms with E-state index in [2.05, 4.69) is 15.6 Å². The molecule has 0 aliphatic carbocycles. The lowest BCUT2D eigenvalue weighted by Crippen LogP contribution is -2.45. The molecule has 2 aromatic rings. The molecule has 1 aliphatic heterocycles. The third-order valence-electron chi connectivity index (χ3n) is 4.13. The van der Waals surface area contributed by atoms with Gasteiger partial charge < -0.3 is 15.1 Å². The molecule has 2 amide bonds. The fraction of sp³-hybridized carbons (Fsp3) is 0.389. The van der Waals surface area contributed by atoms with Crippen molar-refractivity contribution in [3.8, 4) is 11.3 Å². The molecule has 2 N–H and O–H groups in total. The van der Waals surface area contributed by atoms with E-state index in [1.165, 1.54) is 12.3 Å². The van der Waals surface area contributed by atoms with Gasteiger partial charge in [0, 0.05) is 19.4 Å². The Morgan fingerprint density at radius 3 is 3.04 bits per heavy atom. The second-order valence-corrected chi connectivity index (χ2v) is 6.01. The minimum atomic E-state index is -0.478. The summed E-state index contributed by atoms with van der Waals surface area (Å²) < 4.78 is 19.3. The number of carbonyl (C=O) groups is 2. The summed E-state index contributed by atoms with van der Waals surface area (Å²) in [4.78, 5) is 28.0. The highest BCUT2D eigenvalue weighted by atomic mass is 19.1. The maximum atomic E-state index is 13.7. The Kier molecular flexibility index (Phi) is 5.42. The fourth-order valence-electron chi connectivity index (χ4n) is 2.78. The summed E-state index contributed by atoms with van der Waals surface area (Å²) in [6, 6.07) is 5.80. The van der Waals surface area contributed by atoms with Crippen molar-refractivity contribution in [3.05, 3.63) is 42.2 Å². The second kappa shape index (κ2) is 7.92. The van der Waals surface area contributed by atoms with E-state index in [4.69, 9.17) is 4.42 Å². The van der Waals surface area contributed by atoms with Gasteiger partial charge in [-0.2, -0.15) is 0 Å². The number of benzene rings is 1. The number of hydrogen-bond acceptors (Lipinski definition) is 4. The Bertz CT molecular complexity index is 760. The molecule has 1 aromatic carbocycles. The molecule has 0 radical (unpaired) electrons. The lowest BCUT2D eigenvalue weighted by molar-refractivity contribution is -0.128. The Balaban J connectivity index is 1.54. The molecule has 0 spiro atoms. The topological polar surface area (TPSA) is 84.2 Å². The van der Waals surface area contributed by atoms with E-state index in [-0.39, 0.29) is 30.5 Å². The van der Waals surface area contributed by atoms with Crippen molar-refractivity contribution >= 4 is 11.8 Å². The Hall–Kier alpha value is -2.70. The maximum absolute atomic E-state index is 13.7. The van der Waals surface area contributed by atoms with Crippen LogP contribution in [0, 0.1) is 5.82 Å². The van der Waals surface area contributed by atoms with Gasteiger partial charge in [-0.1, -0.05) is 12.1 Å². The molecule has 1 unspecified atom stereocenters. The minimum Gasteiger partial charge on any atom is -0.441 e. The zero-order valence-corrected chi connectivity index (χ0v) is 13.8. The number of aryl methyl sites for hydroxylation is 1. The summed E-state index contributed by atoms with van der Waals surface area (Å²) in [6.45, 7) is 0.653. The molecule has 7 heteroatoms. The van der Waals surface area contributed by atoms with Crippen LogP contribution in [0.25, 0.3) is 11.3 Å². The highest BCUT2D eigenvalue weighted by Crippen LogP contribution is 2.23. The summed E-state index contributed by atoms with van der Waals surface area (Å²) in [7, 11) is 0. The van der Waals surface area contributed by atoms with Gasteiger partial charge in [0.1, 0.15) is 11.9 Å². The standard InChI is InChI=1S/C18H20FN3O3/c19-13-6-2-1-5-12(13)15-11-21-17(25-15)9-8-16(23)22-14-7-3-4-10-20-18(14)24/h1-2,5-6,11,14H,3-4,7-10H2,(H,20,24)(H,22,23). The van der Waals surface area contributed by atoms with Gasteiger partial charge >= 0.3 is 0 Å². The normalized spacial score (nSPS) is 17.6. The van der Waals surface area contributed by atoms with Crippen LogP contribution in [-0.2, 0) is 16.0 Å². The van der Waals surface area contributed by atoms with Crippen molar-refractivity contribution < 1.29 is 18.4 Å². The number of rotatable bonds is 5. The van der Waals surface area contributed by atoms with Gasteiger partial charge in [-0.25, -0.2) is 9.37 Å². The zero-order chi connectivity index (χ0) is 17.6. The molecule has 0 bridgehead atoms. The van der Waals surface area contributed by atoms with Crippen molar-refractivity contribution in [2.24, 2.45) is 0 Å². The van der Waals surface area contributed by atoms with Crippen molar-refractivity contribution in [2.45, 2.75) is 38.1 Å². The predicted octanol–water partition coefficient (Wildman–Crippen LogP) is 2.20. The van der Waals surface area contributed by atoms with Gasteiger partial charge in [0.05, 0.1) is 11.8 Å². The van der Waals surface area contributed by atoms with E-state index in [9.17, 15) is 14.0 Å². The number of nitrogens with one attached hydrogen (secondary N) is 2. The molecule has 2 heterocycles. The number of hydrogen-bond donors (Lipinski definition) is 2. The lowest BCUT2D eigenvalue weighted by Gasteiger charge is -2.14. The zero-order valence-electron chi connectivity index (χ0n) is 13.8. The molecule has 3 rings (SSSR count). The third-order valence-corrected chi connectivity index (χ3v) is 4.13. The van der Waals surface area contributed by atoms with Gasteiger partial charge in [-0.15, -0.1) is 0 Å².